The first kappa shape index (κ1) is 24.1. The molecule has 3 aromatic rings. The zero-order valence-corrected chi connectivity index (χ0v) is 20.9. The lowest BCUT2D eigenvalue weighted by atomic mass is 10.1. The number of aromatic nitrogens is 2. The maximum absolute atomic E-state index is 13.4. The van der Waals surface area contributed by atoms with Crippen LogP contribution in [0.15, 0.2) is 52.3 Å². The summed E-state index contributed by atoms with van der Waals surface area (Å²) >= 11 is 6.65. The van der Waals surface area contributed by atoms with E-state index in [2.05, 4.69) is 10.3 Å². The third-order valence-electron chi connectivity index (χ3n) is 5.75. The first-order valence-corrected chi connectivity index (χ1v) is 12.2. The number of nitrogens with one attached hydrogen (secondary N) is 1. The van der Waals surface area contributed by atoms with Crippen molar-refractivity contribution < 1.29 is 9.90 Å². The number of hydrogen-bond donors (Lipinski definition) is 2. The van der Waals surface area contributed by atoms with E-state index < -0.39 is 0 Å². The van der Waals surface area contributed by atoms with E-state index in [1.807, 2.05) is 51.1 Å². The number of carbonyl (C=O) groups excluding carboxylic acids is 1. The molecule has 0 bridgehead atoms. The van der Waals surface area contributed by atoms with Crippen LogP contribution >= 0.6 is 24.0 Å². The molecule has 1 aliphatic rings. The Kier molecular flexibility index (Phi) is 7.16. The normalized spacial score (nSPS) is 16.0. The van der Waals surface area contributed by atoms with Crippen molar-refractivity contribution in [2.45, 2.75) is 39.8 Å². The Balaban J connectivity index is 1.76. The van der Waals surface area contributed by atoms with E-state index in [1.54, 1.807) is 23.2 Å². The van der Waals surface area contributed by atoms with Crippen molar-refractivity contribution >= 4 is 51.7 Å². The summed E-state index contributed by atoms with van der Waals surface area (Å²) in [6, 6.07) is 11.3. The fraction of sp³-hybridized carbons (Fsp3) is 0.280. The van der Waals surface area contributed by atoms with Gasteiger partial charge in [-0.15, -0.1) is 0 Å². The summed E-state index contributed by atoms with van der Waals surface area (Å²) in [4.78, 5) is 33.3. The molecule has 1 aromatic carbocycles. The van der Waals surface area contributed by atoms with Crippen LogP contribution in [0.5, 0.6) is 0 Å². The molecule has 0 spiro atoms. The van der Waals surface area contributed by atoms with Crippen LogP contribution in [0.3, 0.4) is 0 Å². The molecule has 1 saturated heterocycles. The molecule has 7 nitrogen and oxygen atoms in total. The molecule has 34 heavy (non-hydrogen) atoms. The number of nitrogens with zero attached hydrogens (tertiary/aromatic N) is 3. The van der Waals surface area contributed by atoms with Crippen molar-refractivity contribution in [1.29, 1.82) is 0 Å². The third-order valence-corrected chi connectivity index (χ3v) is 7.13. The standard InChI is InChI=1S/C25H26N4O3S2/c1-4-18(14-30)26-21-19(23(31)28-11-5-6-16(3)22(28)27-21)12-20-24(32)29(25(33)34-20)13-17-9-7-15(2)8-10-17/h5-12,18,26,30H,4,13-14H2,1-3H3/b20-12-/t18-/m0/s1. The quantitative estimate of drug-likeness (QED) is 0.381. The lowest BCUT2D eigenvalue weighted by molar-refractivity contribution is -0.122. The fourth-order valence-electron chi connectivity index (χ4n) is 3.67. The Morgan fingerprint density at radius 1 is 1.21 bits per heavy atom. The molecule has 9 heteroatoms. The van der Waals surface area contributed by atoms with Gasteiger partial charge < -0.3 is 10.4 Å². The number of thiocarbonyl (C=S) groups is 1. The van der Waals surface area contributed by atoms with E-state index in [9.17, 15) is 14.7 Å². The van der Waals surface area contributed by atoms with Crippen LogP contribution in [-0.4, -0.2) is 42.3 Å². The second-order valence-electron chi connectivity index (χ2n) is 8.25. The molecule has 4 rings (SSSR count). The monoisotopic (exact) mass is 494 g/mol. The topological polar surface area (TPSA) is 86.9 Å². The molecule has 2 aromatic heterocycles. The van der Waals surface area contributed by atoms with Gasteiger partial charge in [-0.05, 0) is 43.5 Å². The maximum atomic E-state index is 13.4. The molecule has 0 radical (unpaired) electrons. The van der Waals surface area contributed by atoms with Gasteiger partial charge in [-0.3, -0.25) is 18.9 Å². The minimum absolute atomic E-state index is 0.108. The van der Waals surface area contributed by atoms with Gasteiger partial charge in [0.15, 0.2) is 0 Å². The largest absolute Gasteiger partial charge is 0.394 e. The number of thioether (sulfide) groups is 1. The summed E-state index contributed by atoms with van der Waals surface area (Å²) in [6.07, 6.45) is 3.86. The van der Waals surface area contributed by atoms with Gasteiger partial charge in [0.1, 0.15) is 15.8 Å². The Hall–Kier alpha value is -3.01. The van der Waals surface area contributed by atoms with Crippen molar-refractivity contribution in [2.75, 3.05) is 11.9 Å². The number of aliphatic hydroxyl groups is 1. The molecule has 3 heterocycles. The van der Waals surface area contributed by atoms with E-state index >= 15 is 0 Å². The van der Waals surface area contributed by atoms with Gasteiger partial charge in [0, 0.05) is 6.20 Å². The van der Waals surface area contributed by atoms with Crippen LogP contribution in [0.2, 0.25) is 0 Å². The predicted molar refractivity (Wildman–Crippen MR) is 141 cm³/mol. The number of carbonyl (C=O) groups is 1. The number of anilines is 1. The van der Waals surface area contributed by atoms with Crippen LogP contribution in [0.25, 0.3) is 11.7 Å². The Morgan fingerprint density at radius 2 is 1.94 bits per heavy atom. The predicted octanol–water partition coefficient (Wildman–Crippen LogP) is 3.90. The number of pyridine rings is 1. The van der Waals surface area contributed by atoms with E-state index in [-0.39, 0.29) is 29.7 Å². The Morgan fingerprint density at radius 3 is 2.62 bits per heavy atom. The van der Waals surface area contributed by atoms with E-state index in [0.717, 1.165) is 16.7 Å². The highest BCUT2D eigenvalue weighted by Crippen LogP contribution is 2.34. The molecule has 0 unspecified atom stereocenters. The van der Waals surface area contributed by atoms with Crippen LogP contribution in [-0.2, 0) is 11.3 Å². The molecule has 1 amide bonds. The van der Waals surface area contributed by atoms with Crippen LogP contribution in [0, 0.1) is 13.8 Å². The van der Waals surface area contributed by atoms with Crippen molar-refractivity contribution in [3.63, 3.8) is 0 Å². The number of aliphatic hydroxyl groups excluding tert-OH is 1. The van der Waals surface area contributed by atoms with E-state index in [4.69, 9.17) is 12.2 Å². The third kappa shape index (κ3) is 4.77. The number of hydrogen-bond acceptors (Lipinski definition) is 7. The number of fused-ring (bicyclic) bond motifs is 1. The zero-order valence-electron chi connectivity index (χ0n) is 19.2. The molecular formula is C25H26N4O3S2. The molecule has 0 aliphatic carbocycles. The summed E-state index contributed by atoms with van der Waals surface area (Å²) in [5, 5.41) is 12.9. The highest BCUT2D eigenvalue weighted by Gasteiger charge is 2.32. The number of aryl methyl sites for hydroxylation is 2. The first-order chi connectivity index (χ1) is 16.3. The van der Waals surface area contributed by atoms with Gasteiger partial charge in [-0.1, -0.05) is 66.8 Å². The molecule has 1 fully saturated rings. The minimum Gasteiger partial charge on any atom is -0.394 e. The average molecular weight is 495 g/mol. The zero-order chi connectivity index (χ0) is 24.4. The minimum atomic E-state index is -0.298. The fourth-order valence-corrected chi connectivity index (χ4v) is 4.90. The van der Waals surface area contributed by atoms with Gasteiger partial charge in [-0.2, -0.15) is 0 Å². The highest BCUT2D eigenvalue weighted by atomic mass is 32.2. The maximum Gasteiger partial charge on any atom is 0.267 e. The Labute approximate surface area is 207 Å². The lowest BCUT2D eigenvalue weighted by Crippen LogP contribution is -2.28. The SMILES string of the molecule is CC[C@@H](CO)Nc1nc2c(C)cccn2c(=O)c1/C=C1\SC(=S)N(Cc2ccc(C)cc2)C1=O. The number of rotatable bonds is 7. The second-order valence-corrected chi connectivity index (χ2v) is 9.93. The number of amides is 1. The molecule has 176 valence electrons. The summed E-state index contributed by atoms with van der Waals surface area (Å²) in [7, 11) is 0. The molecule has 1 atom stereocenters. The molecule has 2 N–H and O–H groups in total. The van der Waals surface area contributed by atoms with Crippen LogP contribution in [0.4, 0.5) is 5.82 Å². The molecular weight excluding hydrogens is 468 g/mol. The van der Waals surface area contributed by atoms with Crippen LogP contribution in [0.1, 0.15) is 35.6 Å². The van der Waals surface area contributed by atoms with Crippen LogP contribution < -0.4 is 10.9 Å². The van der Waals surface area contributed by atoms with Gasteiger partial charge in [0.2, 0.25) is 0 Å². The summed E-state index contributed by atoms with van der Waals surface area (Å²) in [5.74, 6) is 0.0912. The number of benzene rings is 1. The molecule has 1 aliphatic heterocycles. The van der Waals surface area contributed by atoms with Crippen molar-refractivity contribution in [2.24, 2.45) is 0 Å². The van der Waals surface area contributed by atoms with E-state index in [0.29, 0.717) is 33.7 Å². The molecule has 0 saturated carbocycles. The van der Waals surface area contributed by atoms with Crippen molar-refractivity contribution in [1.82, 2.24) is 14.3 Å². The summed E-state index contributed by atoms with van der Waals surface area (Å²) < 4.78 is 1.91. The van der Waals surface area contributed by atoms with Crippen molar-refractivity contribution in [3.8, 4) is 0 Å². The Bertz CT molecular complexity index is 1340. The van der Waals surface area contributed by atoms with Gasteiger partial charge in [-0.25, -0.2) is 4.98 Å². The highest BCUT2D eigenvalue weighted by molar-refractivity contribution is 8.26. The summed E-state index contributed by atoms with van der Waals surface area (Å²) in [6.45, 7) is 6.08. The van der Waals surface area contributed by atoms with Crippen molar-refractivity contribution in [3.05, 3.63) is 80.1 Å². The second kappa shape index (κ2) is 10.1. The first-order valence-electron chi connectivity index (χ1n) is 11.0. The smallest absolute Gasteiger partial charge is 0.267 e. The lowest BCUT2D eigenvalue weighted by Gasteiger charge is -2.18. The summed E-state index contributed by atoms with van der Waals surface area (Å²) in [5.41, 5.74) is 3.44. The van der Waals surface area contributed by atoms with Gasteiger partial charge in [0.05, 0.1) is 29.7 Å². The average Bonchev–Trinajstić information content (AvgIpc) is 3.09. The van der Waals surface area contributed by atoms with Gasteiger partial charge in [0.25, 0.3) is 11.5 Å². The van der Waals surface area contributed by atoms with E-state index in [1.165, 1.54) is 16.2 Å². The van der Waals surface area contributed by atoms with Gasteiger partial charge >= 0.3 is 0 Å².